The third kappa shape index (κ3) is 4.42. The first-order valence-corrected chi connectivity index (χ1v) is 11.0. The van der Waals surface area contributed by atoms with Gasteiger partial charge in [0.1, 0.15) is 17.9 Å². The average molecular weight is 401 g/mol. The van der Waals surface area contributed by atoms with Crippen LogP contribution in [0.2, 0.25) is 0 Å². The molecule has 3 aliphatic rings. The summed E-state index contributed by atoms with van der Waals surface area (Å²) < 4.78 is 11.6. The lowest BCUT2D eigenvalue weighted by Gasteiger charge is -2.39. The zero-order valence-electron chi connectivity index (χ0n) is 17.3. The first-order valence-electron chi connectivity index (χ1n) is 11.0. The van der Waals surface area contributed by atoms with Gasteiger partial charge in [0.05, 0.1) is 19.8 Å². The van der Waals surface area contributed by atoms with Crippen molar-refractivity contribution in [3.8, 4) is 5.75 Å². The standard InChI is InChI=1S/C23H32N2O4/c1-23(10-6-3-7-11-23)22(27)25-17-19(29-18-8-4-2-5-9-18)16-20(25)21(26)24-12-14-28-15-13-24/h2,4-5,8-9,19-20H,3,6-7,10-17H2,1H3/t19-,20-/m0/s1. The molecule has 0 unspecified atom stereocenters. The van der Waals surface area contributed by atoms with Gasteiger partial charge in [-0.05, 0) is 25.0 Å². The molecule has 0 bridgehead atoms. The number of hydrogen-bond donors (Lipinski definition) is 0. The van der Waals surface area contributed by atoms with E-state index >= 15 is 0 Å². The molecule has 0 aromatic heterocycles. The predicted octanol–water partition coefficient (Wildman–Crippen LogP) is 2.86. The number of morpholine rings is 1. The summed E-state index contributed by atoms with van der Waals surface area (Å²) in [6.45, 7) is 4.88. The fraction of sp³-hybridized carbons (Fsp3) is 0.652. The minimum absolute atomic E-state index is 0.0419. The highest BCUT2D eigenvalue weighted by Crippen LogP contribution is 2.39. The van der Waals surface area contributed by atoms with Crippen LogP contribution in [0.5, 0.6) is 5.75 Å². The molecule has 2 atom stereocenters. The number of carbonyl (C=O) groups excluding carboxylic acids is 2. The molecule has 6 nitrogen and oxygen atoms in total. The molecule has 2 saturated heterocycles. The van der Waals surface area contributed by atoms with Crippen LogP contribution >= 0.6 is 0 Å². The number of rotatable bonds is 4. The van der Waals surface area contributed by atoms with Gasteiger partial charge in [-0.25, -0.2) is 0 Å². The summed E-state index contributed by atoms with van der Waals surface area (Å²) in [5.41, 5.74) is -0.358. The Morgan fingerprint density at radius 1 is 1.07 bits per heavy atom. The van der Waals surface area contributed by atoms with E-state index in [4.69, 9.17) is 9.47 Å². The average Bonchev–Trinajstić information content (AvgIpc) is 3.18. The molecule has 0 spiro atoms. The molecule has 1 aromatic carbocycles. The number of nitrogens with zero attached hydrogens (tertiary/aromatic N) is 2. The zero-order valence-corrected chi connectivity index (χ0v) is 17.3. The molecule has 0 N–H and O–H groups in total. The molecule has 6 heteroatoms. The normalized spacial score (nSPS) is 26.9. The highest BCUT2D eigenvalue weighted by Gasteiger charge is 2.47. The Labute approximate surface area is 173 Å². The van der Waals surface area contributed by atoms with Gasteiger partial charge in [-0.2, -0.15) is 0 Å². The maximum absolute atomic E-state index is 13.6. The lowest BCUT2D eigenvalue weighted by molar-refractivity contribution is -0.152. The molecule has 0 radical (unpaired) electrons. The van der Waals surface area contributed by atoms with E-state index in [1.54, 1.807) is 0 Å². The van der Waals surface area contributed by atoms with Gasteiger partial charge in [-0.15, -0.1) is 0 Å². The Morgan fingerprint density at radius 3 is 2.45 bits per heavy atom. The van der Waals surface area contributed by atoms with Crippen LogP contribution in [-0.4, -0.2) is 66.6 Å². The van der Waals surface area contributed by atoms with Crippen LogP contribution in [0.1, 0.15) is 45.4 Å². The van der Waals surface area contributed by atoms with Crippen molar-refractivity contribution in [3.05, 3.63) is 30.3 Å². The highest BCUT2D eigenvalue weighted by atomic mass is 16.5. The number of likely N-dealkylation sites (tertiary alicyclic amines) is 1. The Hall–Kier alpha value is -2.08. The van der Waals surface area contributed by atoms with E-state index in [0.717, 1.165) is 31.4 Å². The Morgan fingerprint density at radius 2 is 1.76 bits per heavy atom. The Balaban J connectivity index is 1.53. The first-order chi connectivity index (χ1) is 14.1. The maximum Gasteiger partial charge on any atom is 0.245 e. The van der Waals surface area contributed by atoms with Crippen molar-refractivity contribution < 1.29 is 19.1 Å². The zero-order chi connectivity index (χ0) is 20.3. The fourth-order valence-corrected chi connectivity index (χ4v) is 4.92. The molecule has 2 heterocycles. The number of ether oxygens (including phenoxy) is 2. The number of para-hydroxylation sites is 1. The van der Waals surface area contributed by atoms with E-state index in [2.05, 4.69) is 6.92 Å². The van der Waals surface area contributed by atoms with Gasteiger partial charge in [0.15, 0.2) is 0 Å². The van der Waals surface area contributed by atoms with Gasteiger partial charge < -0.3 is 19.3 Å². The van der Waals surface area contributed by atoms with Crippen molar-refractivity contribution in [3.63, 3.8) is 0 Å². The van der Waals surface area contributed by atoms with Crippen molar-refractivity contribution >= 4 is 11.8 Å². The van der Waals surface area contributed by atoms with E-state index in [0.29, 0.717) is 39.3 Å². The quantitative estimate of drug-likeness (QED) is 0.780. The van der Waals surface area contributed by atoms with E-state index in [1.807, 2.05) is 40.1 Å². The third-order valence-corrected chi connectivity index (χ3v) is 6.65. The van der Waals surface area contributed by atoms with Crippen molar-refractivity contribution in [2.24, 2.45) is 5.41 Å². The monoisotopic (exact) mass is 400 g/mol. The van der Waals surface area contributed by atoms with Gasteiger partial charge in [0, 0.05) is 24.9 Å². The van der Waals surface area contributed by atoms with Crippen LogP contribution in [-0.2, 0) is 14.3 Å². The number of hydrogen-bond acceptors (Lipinski definition) is 4. The van der Waals surface area contributed by atoms with Gasteiger partial charge in [0.2, 0.25) is 11.8 Å². The smallest absolute Gasteiger partial charge is 0.245 e. The van der Waals surface area contributed by atoms with E-state index in [9.17, 15) is 9.59 Å². The second-order valence-corrected chi connectivity index (χ2v) is 8.82. The molecule has 4 rings (SSSR count). The number of benzene rings is 1. The second-order valence-electron chi connectivity index (χ2n) is 8.82. The van der Waals surface area contributed by atoms with Crippen LogP contribution in [0.25, 0.3) is 0 Å². The lowest BCUT2D eigenvalue weighted by atomic mass is 9.74. The van der Waals surface area contributed by atoms with Gasteiger partial charge in [-0.1, -0.05) is 44.4 Å². The number of carbonyl (C=O) groups is 2. The summed E-state index contributed by atoms with van der Waals surface area (Å²) in [5.74, 6) is 0.955. The Bertz CT molecular complexity index is 711. The molecule has 3 fully saturated rings. The third-order valence-electron chi connectivity index (χ3n) is 6.65. The van der Waals surface area contributed by atoms with Crippen LogP contribution in [0, 0.1) is 5.41 Å². The highest BCUT2D eigenvalue weighted by molar-refractivity contribution is 5.91. The first kappa shape index (κ1) is 20.2. The van der Waals surface area contributed by atoms with Crippen molar-refractivity contribution in [2.45, 2.75) is 57.6 Å². The summed E-state index contributed by atoms with van der Waals surface area (Å²) in [4.78, 5) is 30.6. The SMILES string of the molecule is CC1(C(=O)N2C[C@@H](Oc3ccccc3)C[C@H]2C(=O)N2CCOCC2)CCCCC1. The maximum atomic E-state index is 13.6. The topological polar surface area (TPSA) is 59.1 Å². The summed E-state index contributed by atoms with van der Waals surface area (Å²) in [7, 11) is 0. The lowest BCUT2D eigenvalue weighted by Crippen LogP contribution is -2.53. The minimum atomic E-state index is -0.437. The minimum Gasteiger partial charge on any atom is -0.488 e. The second kappa shape index (κ2) is 8.74. The molecule has 158 valence electrons. The van der Waals surface area contributed by atoms with Crippen LogP contribution < -0.4 is 4.74 Å². The van der Waals surface area contributed by atoms with Crippen molar-refractivity contribution in [2.75, 3.05) is 32.8 Å². The molecule has 1 aliphatic carbocycles. The van der Waals surface area contributed by atoms with Crippen molar-refractivity contribution in [1.82, 2.24) is 9.80 Å². The van der Waals surface area contributed by atoms with Crippen LogP contribution in [0.3, 0.4) is 0 Å². The van der Waals surface area contributed by atoms with Crippen molar-refractivity contribution in [1.29, 1.82) is 0 Å². The van der Waals surface area contributed by atoms with E-state index in [-0.39, 0.29) is 23.3 Å². The van der Waals surface area contributed by atoms with E-state index < -0.39 is 6.04 Å². The summed E-state index contributed by atoms with van der Waals surface area (Å²) in [6, 6.07) is 9.23. The molecule has 2 amide bonds. The van der Waals surface area contributed by atoms with E-state index in [1.165, 1.54) is 6.42 Å². The molecular weight excluding hydrogens is 368 g/mol. The molecular formula is C23H32N2O4. The summed E-state index contributed by atoms with van der Waals surface area (Å²) >= 11 is 0. The molecule has 1 aromatic rings. The predicted molar refractivity (Wildman–Crippen MR) is 110 cm³/mol. The van der Waals surface area contributed by atoms with Crippen LogP contribution in [0.4, 0.5) is 0 Å². The van der Waals surface area contributed by atoms with Gasteiger partial charge >= 0.3 is 0 Å². The largest absolute Gasteiger partial charge is 0.488 e. The molecule has 29 heavy (non-hydrogen) atoms. The Kier molecular flexibility index (Phi) is 6.09. The molecule has 1 saturated carbocycles. The number of amides is 2. The van der Waals surface area contributed by atoms with Gasteiger partial charge in [-0.3, -0.25) is 9.59 Å². The molecule has 2 aliphatic heterocycles. The van der Waals surface area contributed by atoms with Gasteiger partial charge in [0.25, 0.3) is 0 Å². The fourth-order valence-electron chi connectivity index (χ4n) is 4.92. The summed E-state index contributed by atoms with van der Waals surface area (Å²) in [6.07, 6.45) is 5.56. The van der Waals surface area contributed by atoms with Crippen LogP contribution in [0.15, 0.2) is 30.3 Å². The summed E-state index contributed by atoms with van der Waals surface area (Å²) in [5, 5.41) is 0.